The van der Waals surface area contributed by atoms with Gasteiger partial charge in [0.05, 0.1) is 31.1 Å². The Kier molecular flexibility index (Phi) is 7.81. The predicted molar refractivity (Wildman–Crippen MR) is 126 cm³/mol. The summed E-state index contributed by atoms with van der Waals surface area (Å²) in [6.07, 6.45) is 6.10. The van der Waals surface area contributed by atoms with E-state index in [4.69, 9.17) is 4.74 Å². The van der Waals surface area contributed by atoms with Crippen molar-refractivity contribution in [3.05, 3.63) is 48.3 Å². The first-order valence-corrected chi connectivity index (χ1v) is 12.1. The number of carbonyl (C=O) groups excluding carboxylic acids is 4. The van der Waals surface area contributed by atoms with E-state index in [0.29, 0.717) is 13.0 Å². The van der Waals surface area contributed by atoms with Gasteiger partial charge in [0.25, 0.3) is 5.91 Å². The van der Waals surface area contributed by atoms with Crippen LogP contribution in [0.25, 0.3) is 5.69 Å². The van der Waals surface area contributed by atoms with Crippen molar-refractivity contribution in [1.82, 2.24) is 25.1 Å². The third-order valence-electron chi connectivity index (χ3n) is 6.39. The van der Waals surface area contributed by atoms with E-state index < -0.39 is 47.6 Å². The summed E-state index contributed by atoms with van der Waals surface area (Å²) in [5, 5.41) is 14.5. The molecule has 0 radical (unpaired) electrons. The number of hydrogen-bond acceptors (Lipinski definition) is 7. The second-order valence-electron chi connectivity index (χ2n) is 8.96. The molecular weight excluding hydrogens is 483 g/mol. The van der Waals surface area contributed by atoms with Gasteiger partial charge >= 0.3 is 5.97 Å². The Morgan fingerprint density at radius 3 is 2.59 bits per heavy atom. The minimum Gasteiger partial charge on any atom is -0.466 e. The number of likely N-dealkylation sites (tertiary alicyclic amines) is 1. The van der Waals surface area contributed by atoms with Crippen LogP contribution >= 0.6 is 0 Å². The van der Waals surface area contributed by atoms with Gasteiger partial charge in [0.1, 0.15) is 23.9 Å². The molecule has 3 unspecified atom stereocenters. The Balaban J connectivity index is 1.39. The Morgan fingerprint density at radius 1 is 1.24 bits per heavy atom. The number of nitriles is 1. The zero-order chi connectivity index (χ0) is 26.5. The van der Waals surface area contributed by atoms with Crippen molar-refractivity contribution in [1.29, 1.82) is 5.26 Å². The molecule has 2 aliphatic rings. The highest BCUT2D eigenvalue weighted by atomic mass is 19.1. The summed E-state index contributed by atoms with van der Waals surface area (Å²) in [5.74, 6) is -2.85. The normalized spacial score (nSPS) is 18.1. The van der Waals surface area contributed by atoms with Crippen molar-refractivity contribution in [2.24, 2.45) is 5.92 Å². The lowest BCUT2D eigenvalue weighted by Gasteiger charge is -2.42. The maximum Gasteiger partial charge on any atom is 0.308 e. The van der Waals surface area contributed by atoms with Crippen molar-refractivity contribution >= 4 is 23.7 Å². The number of aromatic nitrogens is 2. The molecule has 1 saturated heterocycles. The third kappa shape index (κ3) is 5.94. The summed E-state index contributed by atoms with van der Waals surface area (Å²) in [6.45, 7) is 2.11. The highest BCUT2D eigenvalue weighted by Gasteiger charge is 2.46. The van der Waals surface area contributed by atoms with E-state index in [9.17, 15) is 28.8 Å². The molecule has 0 bridgehead atoms. The minimum absolute atomic E-state index is 0.0635. The monoisotopic (exact) mass is 510 g/mol. The summed E-state index contributed by atoms with van der Waals surface area (Å²) in [7, 11) is 0. The fourth-order valence-electron chi connectivity index (χ4n) is 4.18. The number of hydrogen-bond donors (Lipinski definition) is 2. The average Bonchev–Trinajstić information content (AvgIpc) is 3.54. The minimum atomic E-state index is -1.08. The number of amides is 3. The molecule has 2 heterocycles. The summed E-state index contributed by atoms with van der Waals surface area (Å²) < 4.78 is 20.9. The molecule has 1 aliphatic heterocycles. The van der Waals surface area contributed by atoms with Crippen LogP contribution in [0.1, 0.15) is 43.0 Å². The average molecular weight is 511 g/mol. The van der Waals surface area contributed by atoms with Gasteiger partial charge < -0.3 is 24.8 Å². The third-order valence-corrected chi connectivity index (χ3v) is 6.39. The van der Waals surface area contributed by atoms with Crippen molar-refractivity contribution in [2.45, 2.75) is 50.7 Å². The van der Waals surface area contributed by atoms with Crippen LogP contribution in [0.2, 0.25) is 0 Å². The molecule has 2 aromatic rings. The molecule has 2 fully saturated rings. The van der Waals surface area contributed by atoms with E-state index in [0.717, 1.165) is 18.9 Å². The first kappa shape index (κ1) is 25.8. The van der Waals surface area contributed by atoms with Crippen LogP contribution in [0.5, 0.6) is 0 Å². The van der Waals surface area contributed by atoms with Gasteiger partial charge in [-0.1, -0.05) is 0 Å². The first-order valence-electron chi connectivity index (χ1n) is 12.1. The second-order valence-corrected chi connectivity index (χ2v) is 8.96. The molecule has 12 heteroatoms. The Bertz CT molecular complexity index is 1220. The molecule has 1 aliphatic carbocycles. The fourth-order valence-corrected chi connectivity index (χ4v) is 4.18. The van der Waals surface area contributed by atoms with E-state index in [1.54, 1.807) is 13.1 Å². The number of halogens is 1. The molecular formula is C25H27FN6O5. The smallest absolute Gasteiger partial charge is 0.308 e. The second kappa shape index (κ2) is 11.2. The molecule has 3 amide bonds. The molecule has 4 rings (SSSR count). The van der Waals surface area contributed by atoms with Crippen molar-refractivity contribution in [3.63, 3.8) is 0 Å². The maximum atomic E-state index is 14.6. The van der Waals surface area contributed by atoms with Crippen LogP contribution in [-0.2, 0) is 19.1 Å². The van der Waals surface area contributed by atoms with Gasteiger partial charge in [-0.05, 0) is 50.3 Å². The number of ether oxygens (including phenoxy) is 1. The van der Waals surface area contributed by atoms with E-state index in [-0.39, 0.29) is 30.2 Å². The lowest BCUT2D eigenvalue weighted by molar-refractivity contribution is -0.150. The number of nitrogens with one attached hydrogen (secondary N) is 2. The lowest BCUT2D eigenvalue weighted by atomic mass is 9.98. The van der Waals surface area contributed by atoms with Crippen molar-refractivity contribution in [2.75, 3.05) is 13.2 Å². The number of rotatable bonds is 10. The van der Waals surface area contributed by atoms with Crippen LogP contribution in [-0.4, -0.2) is 69.4 Å². The van der Waals surface area contributed by atoms with Crippen molar-refractivity contribution in [3.8, 4) is 11.8 Å². The molecule has 0 spiro atoms. The molecule has 1 saturated carbocycles. The summed E-state index contributed by atoms with van der Waals surface area (Å²) in [4.78, 5) is 55.8. The number of esters is 1. The van der Waals surface area contributed by atoms with E-state index >= 15 is 0 Å². The van der Waals surface area contributed by atoms with Crippen LogP contribution in [0, 0.1) is 23.1 Å². The maximum absolute atomic E-state index is 14.6. The fraction of sp³-hybridized carbons (Fsp3) is 0.440. The van der Waals surface area contributed by atoms with E-state index in [1.807, 2.05) is 6.07 Å². The van der Waals surface area contributed by atoms with Crippen LogP contribution in [0.3, 0.4) is 0 Å². The zero-order valence-electron chi connectivity index (χ0n) is 20.2. The van der Waals surface area contributed by atoms with E-state index in [2.05, 4.69) is 15.6 Å². The molecule has 3 atom stereocenters. The topological polar surface area (TPSA) is 146 Å². The largest absolute Gasteiger partial charge is 0.466 e. The molecule has 194 valence electrons. The van der Waals surface area contributed by atoms with Crippen molar-refractivity contribution < 1.29 is 28.3 Å². The molecule has 11 nitrogen and oxygen atoms in total. The summed E-state index contributed by atoms with van der Waals surface area (Å²) >= 11 is 0. The predicted octanol–water partition coefficient (Wildman–Crippen LogP) is 1.08. The Hall–Kier alpha value is -4.27. The van der Waals surface area contributed by atoms with Crippen LogP contribution in [0.15, 0.2) is 36.9 Å². The van der Waals surface area contributed by atoms with Crippen LogP contribution < -0.4 is 10.6 Å². The first-order chi connectivity index (χ1) is 17.8. The highest BCUT2D eigenvalue weighted by molar-refractivity contribution is 5.99. The number of carbonyl (C=O) groups is 4. The zero-order valence-corrected chi connectivity index (χ0v) is 20.2. The molecule has 2 N–H and O–H groups in total. The number of imidazole rings is 1. The number of nitrogens with zero attached hydrogens (tertiary/aromatic N) is 4. The quantitative estimate of drug-likeness (QED) is 0.455. The van der Waals surface area contributed by atoms with Gasteiger partial charge in [-0.15, -0.1) is 0 Å². The van der Waals surface area contributed by atoms with Gasteiger partial charge in [0, 0.05) is 24.5 Å². The van der Waals surface area contributed by atoms with E-state index in [1.165, 1.54) is 34.1 Å². The standard InChI is InChI=1S/C25H27FN6O5/c1-2-37-21(33)12-17(13-27)29-24(35)20-7-9-32(20)25(36)22(15-3-4-15)30-23(34)16-5-6-19(18(26)11-16)31-10-8-28-14-31/h5-6,8,10-11,14-15,17,20,22H,2-4,7,9,12H2,1H3,(H,29,35)(H,30,34). The van der Waals surface area contributed by atoms with Gasteiger partial charge in [-0.3, -0.25) is 19.2 Å². The molecule has 1 aromatic heterocycles. The highest BCUT2D eigenvalue weighted by Crippen LogP contribution is 2.35. The summed E-state index contributed by atoms with van der Waals surface area (Å²) in [6, 6.07) is 3.13. The van der Waals surface area contributed by atoms with Gasteiger partial charge in [-0.25, -0.2) is 9.37 Å². The SMILES string of the molecule is CCOC(=O)CC(C#N)NC(=O)C1CCN1C(=O)C(NC(=O)c1ccc(-n2ccnc2)c(F)c1)C1CC1. The van der Waals surface area contributed by atoms with Gasteiger partial charge in [0.2, 0.25) is 11.8 Å². The van der Waals surface area contributed by atoms with Gasteiger partial charge in [0.15, 0.2) is 0 Å². The molecule has 37 heavy (non-hydrogen) atoms. The molecule has 1 aromatic carbocycles. The number of benzene rings is 1. The lowest BCUT2D eigenvalue weighted by Crippen LogP contribution is -2.63. The van der Waals surface area contributed by atoms with Gasteiger partial charge in [-0.2, -0.15) is 5.26 Å². The summed E-state index contributed by atoms with van der Waals surface area (Å²) in [5.41, 5.74) is 0.297. The Labute approximate surface area is 212 Å². The Morgan fingerprint density at radius 2 is 2.03 bits per heavy atom. The van der Waals surface area contributed by atoms with Crippen LogP contribution in [0.4, 0.5) is 4.39 Å².